The molecule has 1 unspecified atom stereocenters. The first-order chi connectivity index (χ1) is 28.1. The van der Waals surface area contributed by atoms with Crippen LogP contribution in [-0.4, -0.2) is 23.9 Å². The van der Waals surface area contributed by atoms with Gasteiger partial charge in [0.05, 0.1) is 12.0 Å². The summed E-state index contributed by atoms with van der Waals surface area (Å²) in [5.41, 5.74) is 6.95. The Morgan fingerprint density at radius 1 is 0.741 bits per heavy atom. The van der Waals surface area contributed by atoms with Crippen LogP contribution < -0.4 is 10.1 Å². The summed E-state index contributed by atoms with van der Waals surface area (Å²) < 4.78 is 17.9. The SMILES string of the molecule is CC(C)(C)c1ccc(CCC(CC2CCCCC2)OC(=O)c2ccc(CC(=O)OCc3ccccc3)cc2)cc1NC(=O)CC1c2ccccc2Oc2ccccc21. The average molecular weight is 778 g/mol. The number of fused-ring (bicyclic) bond motifs is 2. The summed E-state index contributed by atoms with van der Waals surface area (Å²) in [6, 6.07) is 38.9. The maximum Gasteiger partial charge on any atom is 0.338 e. The molecule has 0 saturated heterocycles. The Morgan fingerprint density at radius 2 is 1.38 bits per heavy atom. The fraction of sp³-hybridized carbons (Fsp3) is 0.353. The van der Waals surface area contributed by atoms with Gasteiger partial charge in [0.25, 0.3) is 0 Å². The molecule has 1 N–H and O–H groups in total. The number of nitrogens with one attached hydrogen (secondary N) is 1. The number of para-hydroxylation sites is 2. The van der Waals surface area contributed by atoms with Gasteiger partial charge in [-0.05, 0) is 83.2 Å². The number of benzene rings is 5. The van der Waals surface area contributed by atoms with E-state index in [1.807, 2.05) is 78.9 Å². The highest BCUT2D eigenvalue weighted by Crippen LogP contribution is 2.45. The molecule has 1 atom stereocenters. The van der Waals surface area contributed by atoms with Crippen molar-refractivity contribution in [2.24, 2.45) is 5.92 Å². The third-order valence-electron chi connectivity index (χ3n) is 11.5. The van der Waals surface area contributed by atoms with Gasteiger partial charge in [-0.25, -0.2) is 4.79 Å². The number of ether oxygens (including phenoxy) is 3. The fourth-order valence-electron chi connectivity index (χ4n) is 8.40. The number of carbonyl (C=O) groups excluding carboxylic acids is 3. The van der Waals surface area contributed by atoms with E-state index in [2.05, 4.69) is 44.3 Å². The van der Waals surface area contributed by atoms with Gasteiger partial charge in [-0.3, -0.25) is 9.59 Å². The van der Waals surface area contributed by atoms with E-state index in [0.29, 0.717) is 24.3 Å². The normalized spacial score (nSPS) is 14.7. The van der Waals surface area contributed by atoms with Crippen LogP contribution in [0.3, 0.4) is 0 Å². The lowest BCUT2D eigenvalue weighted by molar-refractivity contribution is -0.144. The summed E-state index contributed by atoms with van der Waals surface area (Å²) in [7, 11) is 0. The summed E-state index contributed by atoms with van der Waals surface area (Å²) in [6.07, 6.45) is 8.34. The zero-order valence-electron chi connectivity index (χ0n) is 34.0. The van der Waals surface area contributed by atoms with Crippen LogP contribution in [0.25, 0.3) is 0 Å². The minimum Gasteiger partial charge on any atom is -0.461 e. The highest BCUT2D eigenvalue weighted by atomic mass is 16.5. The molecule has 0 radical (unpaired) electrons. The van der Waals surface area contributed by atoms with Gasteiger partial charge in [0.15, 0.2) is 0 Å². The van der Waals surface area contributed by atoms with Gasteiger partial charge >= 0.3 is 11.9 Å². The second-order valence-electron chi connectivity index (χ2n) is 16.9. The van der Waals surface area contributed by atoms with Crippen molar-refractivity contribution < 1.29 is 28.6 Å². The van der Waals surface area contributed by atoms with Crippen molar-refractivity contribution >= 4 is 23.5 Å². The number of rotatable bonds is 14. The summed E-state index contributed by atoms with van der Waals surface area (Å²) in [6.45, 7) is 6.70. The molecule has 58 heavy (non-hydrogen) atoms. The molecule has 300 valence electrons. The van der Waals surface area contributed by atoms with E-state index in [9.17, 15) is 14.4 Å². The number of anilines is 1. The third-order valence-corrected chi connectivity index (χ3v) is 11.5. The van der Waals surface area contributed by atoms with Gasteiger partial charge in [-0.2, -0.15) is 0 Å². The Labute approximate surface area is 343 Å². The lowest BCUT2D eigenvalue weighted by atomic mass is 9.83. The molecule has 1 fully saturated rings. The Kier molecular flexibility index (Phi) is 13.1. The van der Waals surface area contributed by atoms with Gasteiger partial charge in [0, 0.05) is 29.2 Å². The van der Waals surface area contributed by atoms with E-state index in [0.717, 1.165) is 69.8 Å². The van der Waals surface area contributed by atoms with E-state index < -0.39 is 0 Å². The molecule has 1 heterocycles. The molecule has 5 aromatic carbocycles. The average Bonchev–Trinajstić information content (AvgIpc) is 3.22. The maximum absolute atomic E-state index is 14.0. The first-order valence-corrected chi connectivity index (χ1v) is 20.9. The lowest BCUT2D eigenvalue weighted by Gasteiger charge is -2.29. The van der Waals surface area contributed by atoms with Crippen molar-refractivity contribution in [3.63, 3.8) is 0 Å². The molecule has 0 bridgehead atoms. The molecular weight excluding hydrogens is 723 g/mol. The monoisotopic (exact) mass is 777 g/mol. The molecule has 7 rings (SSSR count). The molecule has 1 aliphatic heterocycles. The Balaban J connectivity index is 1.02. The second kappa shape index (κ2) is 18.7. The van der Waals surface area contributed by atoms with Crippen LogP contribution in [0.5, 0.6) is 11.5 Å². The zero-order valence-corrected chi connectivity index (χ0v) is 34.0. The van der Waals surface area contributed by atoms with Crippen LogP contribution in [-0.2, 0) is 43.9 Å². The van der Waals surface area contributed by atoms with Gasteiger partial charge in [-0.1, -0.05) is 144 Å². The number of aryl methyl sites for hydroxylation is 1. The summed E-state index contributed by atoms with van der Waals surface area (Å²) in [5.74, 6) is 1.23. The molecule has 0 aromatic heterocycles. The lowest BCUT2D eigenvalue weighted by Crippen LogP contribution is -2.24. The topological polar surface area (TPSA) is 90.9 Å². The number of carbonyl (C=O) groups is 3. The molecule has 1 saturated carbocycles. The quantitative estimate of drug-likeness (QED) is 0.113. The first-order valence-electron chi connectivity index (χ1n) is 20.9. The van der Waals surface area contributed by atoms with E-state index in [4.69, 9.17) is 14.2 Å². The van der Waals surface area contributed by atoms with Crippen LogP contribution in [0.15, 0.2) is 121 Å². The van der Waals surface area contributed by atoms with Gasteiger partial charge in [-0.15, -0.1) is 0 Å². The summed E-state index contributed by atoms with van der Waals surface area (Å²) >= 11 is 0. The smallest absolute Gasteiger partial charge is 0.338 e. The largest absolute Gasteiger partial charge is 0.461 e. The third kappa shape index (κ3) is 10.6. The van der Waals surface area contributed by atoms with E-state index in [-0.39, 0.29) is 54.7 Å². The predicted octanol–water partition coefficient (Wildman–Crippen LogP) is 11.7. The molecular formula is C51H55NO6. The van der Waals surface area contributed by atoms with E-state index >= 15 is 0 Å². The molecule has 0 spiro atoms. The van der Waals surface area contributed by atoms with Crippen molar-refractivity contribution in [3.8, 4) is 11.5 Å². The van der Waals surface area contributed by atoms with Crippen LogP contribution in [0, 0.1) is 5.92 Å². The molecule has 7 heteroatoms. The Hall–Kier alpha value is -5.69. The predicted molar refractivity (Wildman–Crippen MR) is 228 cm³/mol. The van der Waals surface area contributed by atoms with Gasteiger partial charge in [0.2, 0.25) is 5.91 Å². The van der Waals surface area contributed by atoms with Gasteiger partial charge < -0.3 is 19.5 Å². The molecule has 7 nitrogen and oxygen atoms in total. The van der Waals surface area contributed by atoms with Crippen molar-refractivity contribution in [2.45, 2.75) is 109 Å². The zero-order chi connectivity index (χ0) is 40.5. The maximum atomic E-state index is 14.0. The number of esters is 2. The number of hydrogen-bond donors (Lipinski definition) is 1. The number of amides is 1. The minimum atomic E-state index is -0.355. The van der Waals surface area contributed by atoms with E-state index in [1.165, 1.54) is 19.3 Å². The van der Waals surface area contributed by atoms with E-state index in [1.54, 1.807) is 24.3 Å². The van der Waals surface area contributed by atoms with Crippen molar-refractivity contribution in [1.82, 2.24) is 0 Å². The summed E-state index contributed by atoms with van der Waals surface area (Å²) in [5, 5.41) is 3.31. The van der Waals surface area contributed by atoms with Crippen LogP contribution >= 0.6 is 0 Å². The summed E-state index contributed by atoms with van der Waals surface area (Å²) in [4.78, 5) is 40.0. The highest BCUT2D eigenvalue weighted by molar-refractivity contribution is 5.93. The fourth-order valence-corrected chi connectivity index (χ4v) is 8.40. The highest BCUT2D eigenvalue weighted by Gasteiger charge is 2.30. The van der Waals surface area contributed by atoms with Crippen LogP contribution in [0.2, 0.25) is 0 Å². The van der Waals surface area contributed by atoms with Crippen molar-refractivity contribution in [1.29, 1.82) is 0 Å². The van der Waals surface area contributed by atoms with Gasteiger partial charge in [0.1, 0.15) is 24.2 Å². The molecule has 1 aliphatic carbocycles. The standard InChI is InChI=1S/C51H55NO6/c1-51(2,3)44-29-25-36(31-45(44)52-48(53)33-43-41-18-10-12-20-46(41)58-47-21-13-11-19-42(43)47)24-28-40(30-35-14-6-4-7-15-35)57-50(55)39-26-22-37(23-27-39)32-49(54)56-34-38-16-8-5-9-17-38/h5,8-13,16-23,25-27,29,31,35,40,43H,4,6-7,14-15,24,28,30,32-34H2,1-3H3,(H,52,53). The molecule has 1 amide bonds. The Bertz CT molecular complexity index is 2140. The first kappa shape index (κ1) is 40.5. The van der Waals surface area contributed by atoms with Crippen molar-refractivity contribution in [2.75, 3.05) is 5.32 Å². The Morgan fingerprint density at radius 3 is 2.05 bits per heavy atom. The van der Waals surface area contributed by atoms with Crippen LogP contribution in [0.4, 0.5) is 5.69 Å². The van der Waals surface area contributed by atoms with Crippen LogP contribution in [0.1, 0.15) is 122 Å². The number of hydrogen-bond acceptors (Lipinski definition) is 6. The van der Waals surface area contributed by atoms with Crippen molar-refractivity contribution in [3.05, 3.63) is 160 Å². The molecule has 2 aliphatic rings. The molecule has 5 aromatic rings. The minimum absolute atomic E-state index is 0.0571. The second-order valence-corrected chi connectivity index (χ2v) is 16.9.